The first-order valence-corrected chi connectivity index (χ1v) is 11.8. The number of nitrogens with one attached hydrogen (secondary N) is 2. The molecule has 0 unspecified atom stereocenters. The summed E-state index contributed by atoms with van der Waals surface area (Å²) in [6.45, 7) is 1.99. The van der Waals surface area contributed by atoms with E-state index in [1.165, 1.54) is 6.07 Å². The molecule has 0 atom stereocenters. The summed E-state index contributed by atoms with van der Waals surface area (Å²) in [7, 11) is 0. The second-order valence-electron chi connectivity index (χ2n) is 8.37. The highest BCUT2D eigenvalue weighted by Crippen LogP contribution is 2.38. The minimum atomic E-state index is -0.609. The molecule has 39 heavy (non-hydrogen) atoms. The van der Waals surface area contributed by atoms with Gasteiger partial charge in [-0.25, -0.2) is 0 Å². The fourth-order valence-corrected chi connectivity index (χ4v) is 3.78. The quantitative estimate of drug-likeness (QED) is 0.0941. The van der Waals surface area contributed by atoms with Gasteiger partial charge in [0.15, 0.2) is 5.75 Å². The molecule has 1 aromatic heterocycles. The Morgan fingerprint density at radius 3 is 2.18 bits per heavy atom. The van der Waals surface area contributed by atoms with E-state index >= 15 is 0 Å². The third kappa shape index (κ3) is 5.81. The van der Waals surface area contributed by atoms with Crippen molar-refractivity contribution in [1.29, 1.82) is 0 Å². The second-order valence-corrected chi connectivity index (χ2v) is 8.71. The molecule has 0 spiro atoms. The predicted octanol–water partition coefficient (Wildman–Crippen LogP) is 7.21. The van der Waals surface area contributed by atoms with Crippen LogP contribution in [0.15, 0.2) is 83.0 Å². The van der Waals surface area contributed by atoms with Gasteiger partial charge in [-0.2, -0.15) is 15.0 Å². The molecule has 5 aromatic rings. The number of phenolic OH excluding ortho intramolecular Hbond substituents is 2. The number of azo groups is 1. The minimum Gasteiger partial charge on any atom is -0.506 e. The molecule has 0 radical (unpaired) electrons. The van der Waals surface area contributed by atoms with Gasteiger partial charge in [-0.05, 0) is 60.3 Å². The Balaban J connectivity index is 1.41. The molecule has 0 saturated carbocycles. The first kappa shape index (κ1) is 25.3. The maximum Gasteiger partial charge on any atom is 0.271 e. The first-order chi connectivity index (χ1) is 18.7. The molecule has 0 aliphatic rings. The molecule has 0 fully saturated rings. The van der Waals surface area contributed by atoms with Crippen LogP contribution in [-0.4, -0.2) is 30.1 Å². The van der Waals surface area contributed by atoms with Crippen molar-refractivity contribution in [2.45, 2.75) is 6.92 Å². The van der Waals surface area contributed by atoms with Gasteiger partial charge in [0.1, 0.15) is 17.1 Å². The highest BCUT2D eigenvalue weighted by atomic mass is 35.5. The summed E-state index contributed by atoms with van der Waals surface area (Å²) >= 11 is 6.11. The Morgan fingerprint density at radius 1 is 0.821 bits per heavy atom. The molecular formula is C26H19ClN8O4. The van der Waals surface area contributed by atoms with Crippen LogP contribution in [0.2, 0.25) is 5.28 Å². The van der Waals surface area contributed by atoms with Crippen LogP contribution in [0.5, 0.6) is 11.5 Å². The van der Waals surface area contributed by atoms with Crippen LogP contribution < -0.4 is 10.6 Å². The van der Waals surface area contributed by atoms with Crippen LogP contribution in [0.25, 0.3) is 10.8 Å². The van der Waals surface area contributed by atoms with Crippen LogP contribution in [-0.2, 0) is 0 Å². The summed E-state index contributed by atoms with van der Waals surface area (Å²) in [6, 6.07) is 19.5. The van der Waals surface area contributed by atoms with E-state index in [9.17, 15) is 20.3 Å². The molecule has 0 aliphatic heterocycles. The number of phenols is 2. The number of non-ortho nitro benzene ring substituents is 1. The summed E-state index contributed by atoms with van der Waals surface area (Å²) in [5, 5.41) is 47.0. The Morgan fingerprint density at radius 2 is 1.46 bits per heavy atom. The van der Waals surface area contributed by atoms with Crippen molar-refractivity contribution < 1.29 is 15.1 Å². The average Bonchev–Trinajstić information content (AvgIpc) is 2.90. The summed E-state index contributed by atoms with van der Waals surface area (Å²) in [4.78, 5) is 23.0. The summed E-state index contributed by atoms with van der Waals surface area (Å²) in [6.07, 6.45) is 0. The number of fused-ring (bicyclic) bond motifs is 1. The standard InChI is InChI=1S/C26H19ClN8O4/c1-14-2-6-16(7-3-14)28-25-30-24(27)31-26(32-25)29-17-8-4-15-5-10-20(23(37)19(15)12-17)33-34-21-13-18(35(38)39)9-11-22(21)36/h2-13,36-37H,1H3,(H2,28,29,30,31,32). The van der Waals surface area contributed by atoms with E-state index in [1.807, 2.05) is 31.2 Å². The van der Waals surface area contributed by atoms with E-state index in [1.54, 1.807) is 24.3 Å². The van der Waals surface area contributed by atoms with Crippen LogP contribution in [0.3, 0.4) is 0 Å². The Bertz CT molecular complexity index is 1750. The zero-order valence-electron chi connectivity index (χ0n) is 20.2. The maximum atomic E-state index is 11.0. The topological polar surface area (TPSA) is 171 Å². The zero-order valence-corrected chi connectivity index (χ0v) is 21.0. The van der Waals surface area contributed by atoms with Gasteiger partial charge >= 0.3 is 0 Å². The van der Waals surface area contributed by atoms with Crippen LogP contribution in [0, 0.1) is 17.0 Å². The summed E-state index contributed by atoms with van der Waals surface area (Å²) in [5.41, 5.74) is 2.18. The van der Waals surface area contributed by atoms with E-state index < -0.39 is 4.92 Å². The lowest BCUT2D eigenvalue weighted by Gasteiger charge is -2.10. The fourth-order valence-electron chi connectivity index (χ4n) is 3.62. The number of nitro groups is 1. The normalized spacial score (nSPS) is 11.1. The Hall–Kier alpha value is -5.36. The predicted molar refractivity (Wildman–Crippen MR) is 147 cm³/mol. The van der Waals surface area contributed by atoms with Gasteiger partial charge in [-0.3, -0.25) is 10.1 Å². The number of aromatic hydroxyl groups is 2. The molecule has 0 bridgehead atoms. The van der Waals surface area contributed by atoms with Crippen molar-refractivity contribution >= 4 is 62.7 Å². The molecule has 1 heterocycles. The number of hydrogen-bond donors (Lipinski definition) is 4. The highest BCUT2D eigenvalue weighted by Gasteiger charge is 2.12. The number of anilines is 4. The molecule has 0 saturated heterocycles. The van der Waals surface area contributed by atoms with Crippen molar-refractivity contribution in [2.75, 3.05) is 10.6 Å². The number of rotatable bonds is 7. The van der Waals surface area contributed by atoms with Gasteiger partial charge in [0.25, 0.3) is 5.69 Å². The van der Waals surface area contributed by atoms with E-state index in [4.69, 9.17) is 11.6 Å². The van der Waals surface area contributed by atoms with Crippen LogP contribution in [0.1, 0.15) is 5.56 Å². The van der Waals surface area contributed by atoms with Gasteiger partial charge in [0.2, 0.25) is 17.2 Å². The van der Waals surface area contributed by atoms with Crippen molar-refractivity contribution in [3.8, 4) is 11.5 Å². The number of nitrogens with zero attached hydrogens (tertiary/aromatic N) is 6. The van der Waals surface area contributed by atoms with Crippen molar-refractivity contribution in [3.05, 3.63) is 93.8 Å². The van der Waals surface area contributed by atoms with E-state index in [-0.39, 0.29) is 45.7 Å². The summed E-state index contributed by atoms with van der Waals surface area (Å²) < 4.78 is 0. The number of aromatic nitrogens is 3. The van der Waals surface area contributed by atoms with Gasteiger partial charge in [-0.15, -0.1) is 10.2 Å². The molecule has 12 nitrogen and oxygen atoms in total. The smallest absolute Gasteiger partial charge is 0.271 e. The van der Waals surface area contributed by atoms with Crippen molar-refractivity contribution in [2.24, 2.45) is 10.2 Å². The molecular weight excluding hydrogens is 524 g/mol. The molecule has 5 rings (SSSR count). The van der Waals surface area contributed by atoms with Gasteiger partial charge in [0.05, 0.1) is 4.92 Å². The van der Waals surface area contributed by atoms with Gasteiger partial charge in [0, 0.05) is 28.9 Å². The van der Waals surface area contributed by atoms with Gasteiger partial charge in [-0.1, -0.05) is 29.8 Å². The number of hydrogen-bond acceptors (Lipinski definition) is 11. The lowest BCUT2D eigenvalue weighted by Crippen LogP contribution is -2.04. The largest absolute Gasteiger partial charge is 0.506 e. The van der Waals surface area contributed by atoms with E-state index in [0.717, 1.165) is 29.4 Å². The lowest BCUT2D eigenvalue weighted by molar-refractivity contribution is -0.384. The number of benzene rings is 4. The fraction of sp³-hybridized carbons (Fsp3) is 0.0385. The van der Waals surface area contributed by atoms with Crippen LogP contribution >= 0.6 is 11.6 Å². The van der Waals surface area contributed by atoms with Crippen molar-refractivity contribution in [1.82, 2.24) is 15.0 Å². The number of nitro benzene ring substituents is 1. The lowest BCUT2D eigenvalue weighted by atomic mass is 10.1. The molecule has 0 aliphatic carbocycles. The number of halogens is 1. The molecule has 4 N–H and O–H groups in total. The van der Waals surface area contributed by atoms with Crippen molar-refractivity contribution in [3.63, 3.8) is 0 Å². The van der Waals surface area contributed by atoms with E-state index in [2.05, 4.69) is 35.8 Å². The first-order valence-electron chi connectivity index (χ1n) is 11.4. The Labute approximate surface area is 225 Å². The van der Waals surface area contributed by atoms with Gasteiger partial charge < -0.3 is 20.8 Å². The Kier molecular flexibility index (Phi) is 6.85. The maximum absolute atomic E-state index is 11.0. The molecule has 194 valence electrons. The zero-order chi connectivity index (χ0) is 27.5. The third-order valence-electron chi connectivity index (χ3n) is 5.58. The summed E-state index contributed by atoms with van der Waals surface area (Å²) in [5.74, 6) is -0.0406. The third-order valence-corrected chi connectivity index (χ3v) is 5.75. The monoisotopic (exact) mass is 542 g/mol. The van der Waals surface area contributed by atoms with E-state index in [0.29, 0.717) is 16.5 Å². The molecule has 4 aromatic carbocycles. The number of aryl methyl sites for hydroxylation is 1. The molecule has 0 amide bonds. The minimum absolute atomic E-state index is 0.0159. The molecule has 13 heteroatoms. The highest BCUT2D eigenvalue weighted by molar-refractivity contribution is 6.28. The average molecular weight is 543 g/mol. The second kappa shape index (κ2) is 10.6. The SMILES string of the molecule is Cc1ccc(Nc2nc(Cl)nc(Nc3ccc4ccc(N=Nc5cc([N+](=O)[O-])ccc5O)c(O)c4c3)n2)cc1. The van der Waals surface area contributed by atoms with Crippen LogP contribution in [0.4, 0.5) is 40.3 Å².